The molecule has 21 aromatic rings. The highest BCUT2D eigenvalue weighted by Gasteiger charge is 2.41. The van der Waals surface area contributed by atoms with Crippen LogP contribution in [0.25, 0.3) is 149 Å². The van der Waals surface area contributed by atoms with Gasteiger partial charge in [0.05, 0.1) is 89.7 Å². The SMILES string of the molecule is Cc1cccc2c3ccccc3n(-c3ccc4c(c3)c3ccccc3n4-c3c(-c4ccccc4)c(-c4ccccc4)c(C#N)c(-c4ccccc4)c3-c3ccccc3)c12.N#Cc1c(-c2ccccc2)c(N2c3ccccc3Oc3ccccc32)c(-n2c3ccccc3c3ccccc32)c(N2c3ccccc3Oc3ccccc32)c1-c1ccccc1. The highest BCUT2D eigenvalue weighted by Crippen LogP contribution is 2.63. The Labute approximate surface area is 693 Å². The van der Waals surface area contributed by atoms with Crippen LogP contribution >= 0.6 is 0 Å². The standard InChI is InChI=1S/C56H37N3.C55H34N4O2/c1-37-19-18-30-45-43-28-14-16-31-48(43)58(55(37)45)42-33-34-50-46(35-42)44-29-15-17-32-49(44)59(50)56-53(40-24-10-4-11-25-40)51(38-20-6-2-7-21-38)47(36-57)52(39-22-8-3-9-23-39)54(56)41-26-12-5-13-27-41;56-35-40-51(36-19-3-1-4-20-36)53(58-43-27-11-15-31-47(43)60-48-32-16-12-28-44(48)58)55(57-41-25-9-7-23-38(41)39-24-8-10-26-42(39)57)54(52(40)37-21-5-2-6-22-37)59-45-29-13-17-33-49(45)61-50-34-18-14-30-46(50)59/h2-35H,1H3;1-34H. The van der Waals surface area contributed by atoms with E-state index in [1.807, 2.05) is 121 Å². The van der Waals surface area contributed by atoms with Gasteiger partial charge in [-0.05, 0) is 137 Å². The molecule has 0 amide bonds. The van der Waals surface area contributed by atoms with Gasteiger partial charge in [-0.25, -0.2) is 0 Å². The number of benzene rings is 18. The molecule has 0 bridgehead atoms. The van der Waals surface area contributed by atoms with E-state index in [-0.39, 0.29) is 0 Å². The first-order valence-electron chi connectivity index (χ1n) is 40.4. The van der Waals surface area contributed by atoms with Gasteiger partial charge in [0.2, 0.25) is 0 Å². The fourth-order valence-corrected chi connectivity index (χ4v) is 18.7. The van der Waals surface area contributed by atoms with Crippen molar-refractivity contribution in [3.8, 4) is 119 Å². The predicted octanol–water partition coefficient (Wildman–Crippen LogP) is 29.9. The first-order chi connectivity index (χ1) is 59.5. The first kappa shape index (κ1) is 70.2. The second-order valence-electron chi connectivity index (χ2n) is 30.3. The maximum Gasteiger partial charge on any atom is 0.151 e. The van der Waals surface area contributed by atoms with Crippen LogP contribution in [0.1, 0.15) is 16.7 Å². The Morgan fingerprint density at radius 2 is 0.508 bits per heavy atom. The molecule has 3 aromatic heterocycles. The maximum atomic E-state index is 12.0. The van der Waals surface area contributed by atoms with E-state index in [4.69, 9.17) is 9.47 Å². The van der Waals surface area contributed by atoms with Crippen LogP contribution in [0.4, 0.5) is 34.1 Å². The van der Waals surface area contributed by atoms with Crippen molar-refractivity contribution in [2.75, 3.05) is 9.80 Å². The molecule has 0 saturated carbocycles. The van der Waals surface area contributed by atoms with E-state index >= 15 is 0 Å². The number of ether oxygens (including phenoxy) is 2. The minimum atomic E-state index is 0.537. The predicted molar refractivity (Wildman–Crippen MR) is 492 cm³/mol. The maximum absolute atomic E-state index is 12.0. The van der Waals surface area contributed by atoms with Gasteiger partial charge in [-0.1, -0.05) is 322 Å². The summed E-state index contributed by atoms with van der Waals surface area (Å²) < 4.78 is 20.7. The van der Waals surface area contributed by atoms with Gasteiger partial charge >= 0.3 is 0 Å². The number of aromatic nitrogens is 3. The van der Waals surface area contributed by atoms with E-state index in [0.717, 1.165) is 162 Å². The number of rotatable bonds is 11. The molecule has 0 atom stereocenters. The Balaban J connectivity index is 0.000000144. The molecule has 5 heterocycles. The summed E-state index contributed by atoms with van der Waals surface area (Å²) in [6.07, 6.45) is 0. The molecule has 562 valence electrons. The van der Waals surface area contributed by atoms with Crippen LogP contribution in [0.5, 0.6) is 23.0 Å². The van der Waals surface area contributed by atoms with Crippen LogP contribution in [0, 0.1) is 29.6 Å². The van der Waals surface area contributed by atoms with E-state index < -0.39 is 0 Å². The van der Waals surface area contributed by atoms with E-state index in [1.54, 1.807) is 0 Å². The summed E-state index contributed by atoms with van der Waals surface area (Å²) >= 11 is 0. The second-order valence-corrected chi connectivity index (χ2v) is 30.3. The molecule has 2 aliphatic rings. The van der Waals surface area contributed by atoms with Gasteiger partial charge in [-0.3, -0.25) is 0 Å². The third kappa shape index (κ3) is 11.2. The minimum Gasteiger partial charge on any atom is -0.453 e. The lowest BCUT2D eigenvalue weighted by Crippen LogP contribution is -2.24. The van der Waals surface area contributed by atoms with Gasteiger partial charge in [0.15, 0.2) is 23.0 Å². The van der Waals surface area contributed by atoms with Crippen LogP contribution in [0.2, 0.25) is 0 Å². The van der Waals surface area contributed by atoms with Crippen molar-refractivity contribution in [1.29, 1.82) is 10.5 Å². The first-order valence-corrected chi connectivity index (χ1v) is 40.4. The lowest BCUT2D eigenvalue weighted by atomic mass is 9.79. The monoisotopic (exact) mass is 1530 g/mol. The van der Waals surface area contributed by atoms with Crippen LogP contribution in [-0.4, -0.2) is 13.7 Å². The van der Waals surface area contributed by atoms with Crippen molar-refractivity contribution in [2.24, 2.45) is 0 Å². The lowest BCUT2D eigenvalue weighted by molar-refractivity contribution is 0.477. The third-order valence-electron chi connectivity index (χ3n) is 23.6. The molecule has 0 spiro atoms. The summed E-state index contributed by atoms with van der Waals surface area (Å²) in [6, 6.07) is 149. The zero-order valence-corrected chi connectivity index (χ0v) is 65.2. The van der Waals surface area contributed by atoms with Crippen molar-refractivity contribution < 1.29 is 9.47 Å². The van der Waals surface area contributed by atoms with Crippen molar-refractivity contribution in [2.45, 2.75) is 6.92 Å². The highest BCUT2D eigenvalue weighted by atomic mass is 16.5. The van der Waals surface area contributed by atoms with Crippen molar-refractivity contribution in [3.63, 3.8) is 0 Å². The molecule has 18 aromatic carbocycles. The second kappa shape index (κ2) is 29.1. The van der Waals surface area contributed by atoms with Crippen LogP contribution in [0.15, 0.2) is 413 Å². The summed E-state index contributed by atoms with van der Waals surface area (Å²) in [5.41, 5.74) is 28.5. The van der Waals surface area contributed by atoms with Gasteiger partial charge in [0, 0.05) is 71.4 Å². The van der Waals surface area contributed by atoms with Gasteiger partial charge in [0.1, 0.15) is 12.1 Å². The molecule has 0 N–H and O–H groups in total. The summed E-state index contributed by atoms with van der Waals surface area (Å²) in [5, 5.41) is 30.5. The van der Waals surface area contributed by atoms with E-state index in [9.17, 15) is 10.5 Å². The van der Waals surface area contributed by atoms with Gasteiger partial charge < -0.3 is 33.0 Å². The number of para-hydroxylation sites is 13. The summed E-state index contributed by atoms with van der Waals surface area (Å²) in [7, 11) is 0. The summed E-state index contributed by atoms with van der Waals surface area (Å²) in [5.74, 6) is 2.84. The highest BCUT2D eigenvalue weighted by molar-refractivity contribution is 6.19. The number of anilines is 6. The largest absolute Gasteiger partial charge is 0.453 e. The Kier molecular flexibility index (Phi) is 17.0. The minimum absolute atomic E-state index is 0.537. The van der Waals surface area contributed by atoms with Crippen molar-refractivity contribution >= 4 is 99.5 Å². The average molecular weight is 1530 g/mol. The number of nitrogens with zero attached hydrogens (tertiary/aromatic N) is 7. The van der Waals surface area contributed by atoms with Crippen molar-refractivity contribution in [3.05, 3.63) is 429 Å². The Morgan fingerprint density at radius 1 is 0.225 bits per heavy atom. The molecule has 23 rings (SSSR count). The molecule has 2 aliphatic heterocycles. The fourth-order valence-electron chi connectivity index (χ4n) is 18.7. The average Bonchev–Trinajstić information content (AvgIpc) is 1.22. The topological polar surface area (TPSA) is 87.3 Å². The molecule has 0 radical (unpaired) electrons. The normalized spacial score (nSPS) is 12.0. The molecule has 9 heteroatoms. The summed E-state index contributed by atoms with van der Waals surface area (Å²) in [6.45, 7) is 2.21. The lowest BCUT2D eigenvalue weighted by Gasteiger charge is -2.40. The Bertz CT molecular complexity index is 7340. The molecule has 120 heavy (non-hydrogen) atoms. The molecule has 0 unspecified atom stereocenters. The molecule has 0 aliphatic carbocycles. The molecule has 0 fully saturated rings. The number of aryl methyl sites for hydroxylation is 1. The van der Waals surface area contributed by atoms with Gasteiger partial charge in [-0.15, -0.1) is 0 Å². The zero-order valence-electron chi connectivity index (χ0n) is 65.2. The van der Waals surface area contributed by atoms with Gasteiger partial charge in [-0.2, -0.15) is 10.5 Å². The number of hydrogen-bond acceptors (Lipinski definition) is 6. The van der Waals surface area contributed by atoms with Crippen LogP contribution in [0.3, 0.4) is 0 Å². The quantitative estimate of drug-likeness (QED) is 0.128. The van der Waals surface area contributed by atoms with E-state index in [0.29, 0.717) is 34.1 Å². The molecular formula is C111H71N7O2. The molecule has 9 nitrogen and oxygen atoms in total. The Morgan fingerprint density at radius 3 is 0.892 bits per heavy atom. The number of hydrogen-bond donors (Lipinski definition) is 0. The summed E-state index contributed by atoms with van der Waals surface area (Å²) in [4.78, 5) is 4.62. The molecule has 0 saturated heterocycles. The Hall–Kier alpha value is -16.5. The number of fused-ring (bicyclic) bond motifs is 13. The van der Waals surface area contributed by atoms with Crippen molar-refractivity contribution in [1.82, 2.24) is 13.7 Å². The molecular weight excluding hydrogens is 1460 g/mol. The van der Waals surface area contributed by atoms with E-state index in [1.165, 1.54) is 27.4 Å². The fraction of sp³-hybridized carbons (Fsp3) is 0.00901. The van der Waals surface area contributed by atoms with E-state index in [2.05, 4.69) is 334 Å². The van der Waals surface area contributed by atoms with Crippen LogP contribution < -0.4 is 19.3 Å². The third-order valence-corrected chi connectivity index (χ3v) is 23.6. The van der Waals surface area contributed by atoms with Crippen LogP contribution in [-0.2, 0) is 0 Å². The zero-order chi connectivity index (χ0) is 79.9. The smallest absolute Gasteiger partial charge is 0.151 e. The number of nitriles is 2. The van der Waals surface area contributed by atoms with Gasteiger partial charge in [0.25, 0.3) is 0 Å².